The van der Waals surface area contributed by atoms with Gasteiger partial charge in [-0.1, -0.05) is 73.6 Å². The van der Waals surface area contributed by atoms with Gasteiger partial charge in [-0.25, -0.2) is 0 Å². The first-order chi connectivity index (χ1) is 20.5. The predicted molar refractivity (Wildman–Crippen MR) is 164 cm³/mol. The Labute approximate surface area is 247 Å². The van der Waals surface area contributed by atoms with Gasteiger partial charge in [0, 0.05) is 31.1 Å². The van der Waals surface area contributed by atoms with E-state index in [0.717, 1.165) is 90.5 Å². The largest absolute Gasteiger partial charge is 0.489 e. The molecule has 6 rings (SSSR count). The van der Waals surface area contributed by atoms with E-state index in [2.05, 4.69) is 84.7 Å². The number of aryl methyl sites for hydroxylation is 1. The number of rotatable bonds is 10. The summed E-state index contributed by atoms with van der Waals surface area (Å²) in [4.78, 5) is 15.2. The highest BCUT2D eigenvalue weighted by molar-refractivity contribution is 5.99. The SMILES string of the molecule is Cc1cc(OCc2ccccc2)c(C(C)C)cc1-c1noc(NC(=O)C2CC2)c1-c1ccc(CN2CCOCC2)cc1. The molecule has 2 heterocycles. The van der Waals surface area contributed by atoms with Gasteiger partial charge in [-0.3, -0.25) is 15.0 Å². The third-order valence-corrected chi connectivity index (χ3v) is 8.10. The second-order valence-electron chi connectivity index (χ2n) is 11.7. The van der Waals surface area contributed by atoms with E-state index in [0.29, 0.717) is 12.5 Å². The number of nitrogens with zero attached hydrogens (tertiary/aromatic N) is 2. The van der Waals surface area contributed by atoms with Crippen LogP contribution in [0.1, 0.15) is 54.9 Å². The molecule has 1 N–H and O–H groups in total. The standard InChI is InChI=1S/C35H39N3O4/c1-23(2)29-20-30(24(3)19-31(29)41-22-26-7-5-4-6-8-26)33-32(35(42-37-33)36-34(39)28-13-14-28)27-11-9-25(10-12-27)21-38-15-17-40-18-16-38/h4-12,19-20,23,28H,13-18,21-22H2,1-3H3,(H,36,39). The van der Waals surface area contributed by atoms with Crippen molar-refractivity contribution in [2.45, 2.75) is 52.7 Å². The zero-order chi connectivity index (χ0) is 29.1. The van der Waals surface area contributed by atoms with Crippen LogP contribution in [0.3, 0.4) is 0 Å². The van der Waals surface area contributed by atoms with Crippen molar-refractivity contribution < 1.29 is 18.8 Å². The normalized spacial score (nSPS) is 15.6. The maximum atomic E-state index is 12.8. The van der Waals surface area contributed by atoms with Gasteiger partial charge in [-0.2, -0.15) is 0 Å². The van der Waals surface area contributed by atoms with Gasteiger partial charge < -0.3 is 14.0 Å². The van der Waals surface area contributed by atoms with Gasteiger partial charge in [0.05, 0.1) is 18.8 Å². The van der Waals surface area contributed by atoms with Crippen LogP contribution in [-0.4, -0.2) is 42.3 Å². The zero-order valence-electron chi connectivity index (χ0n) is 24.7. The number of hydrogen-bond donors (Lipinski definition) is 1. The van der Waals surface area contributed by atoms with Crippen molar-refractivity contribution in [1.82, 2.24) is 10.1 Å². The van der Waals surface area contributed by atoms with Gasteiger partial charge >= 0.3 is 0 Å². The lowest BCUT2D eigenvalue weighted by atomic mass is 9.92. The number of ether oxygens (including phenoxy) is 2. The Kier molecular flexibility index (Phi) is 8.40. The number of carbonyl (C=O) groups excluding carboxylic acids is 1. The van der Waals surface area contributed by atoms with E-state index in [9.17, 15) is 4.79 Å². The van der Waals surface area contributed by atoms with E-state index in [4.69, 9.17) is 14.0 Å². The van der Waals surface area contributed by atoms with Gasteiger partial charge in [0.25, 0.3) is 0 Å². The molecule has 7 heteroatoms. The Balaban J connectivity index is 1.34. The summed E-state index contributed by atoms with van der Waals surface area (Å²) in [6.07, 6.45) is 1.83. The molecule has 0 unspecified atom stereocenters. The lowest BCUT2D eigenvalue weighted by Gasteiger charge is -2.26. The van der Waals surface area contributed by atoms with Crippen LogP contribution in [-0.2, 0) is 22.7 Å². The quantitative estimate of drug-likeness (QED) is 0.219. The van der Waals surface area contributed by atoms with Crippen LogP contribution in [0.15, 0.2) is 71.3 Å². The summed E-state index contributed by atoms with van der Waals surface area (Å²) in [6.45, 7) is 11.2. The Hall–Kier alpha value is -3.94. The summed E-state index contributed by atoms with van der Waals surface area (Å²) in [7, 11) is 0. The molecule has 218 valence electrons. The lowest BCUT2D eigenvalue weighted by Crippen LogP contribution is -2.35. The minimum Gasteiger partial charge on any atom is -0.489 e. The highest BCUT2D eigenvalue weighted by Gasteiger charge is 2.32. The maximum absolute atomic E-state index is 12.8. The Morgan fingerprint density at radius 1 is 1.02 bits per heavy atom. The Morgan fingerprint density at radius 3 is 2.45 bits per heavy atom. The Morgan fingerprint density at radius 2 is 1.76 bits per heavy atom. The maximum Gasteiger partial charge on any atom is 0.239 e. The van der Waals surface area contributed by atoms with Crippen molar-refractivity contribution in [1.29, 1.82) is 0 Å². The van der Waals surface area contributed by atoms with E-state index in [1.165, 1.54) is 5.56 Å². The molecule has 1 aliphatic carbocycles. The number of amides is 1. The average molecular weight is 566 g/mol. The summed E-state index contributed by atoms with van der Waals surface area (Å²) < 4.78 is 17.7. The summed E-state index contributed by atoms with van der Waals surface area (Å²) in [5.74, 6) is 1.55. The van der Waals surface area contributed by atoms with Crippen LogP contribution in [0.25, 0.3) is 22.4 Å². The van der Waals surface area contributed by atoms with E-state index in [-0.39, 0.29) is 17.7 Å². The molecular formula is C35H39N3O4. The number of morpholine rings is 1. The van der Waals surface area contributed by atoms with Crippen molar-refractivity contribution in [3.63, 3.8) is 0 Å². The first-order valence-corrected chi connectivity index (χ1v) is 15.0. The number of nitrogens with one attached hydrogen (secondary N) is 1. The topological polar surface area (TPSA) is 76.8 Å². The fraction of sp³-hybridized carbons (Fsp3) is 0.371. The fourth-order valence-corrected chi connectivity index (χ4v) is 5.45. The van der Waals surface area contributed by atoms with Crippen molar-refractivity contribution in [3.8, 4) is 28.1 Å². The smallest absolute Gasteiger partial charge is 0.239 e. The fourth-order valence-electron chi connectivity index (χ4n) is 5.45. The van der Waals surface area contributed by atoms with Gasteiger partial charge in [-0.05, 0) is 65.6 Å². The van der Waals surface area contributed by atoms with Crippen LogP contribution in [0, 0.1) is 12.8 Å². The monoisotopic (exact) mass is 565 g/mol. The van der Waals surface area contributed by atoms with E-state index in [1.807, 2.05) is 18.2 Å². The summed E-state index contributed by atoms with van der Waals surface area (Å²) in [5.41, 5.74) is 7.94. The highest BCUT2D eigenvalue weighted by Crippen LogP contribution is 2.43. The predicted octanol–water partition coefficient (Wildman–Crippen LogP) is 7.20. The minimum atomic E-state index is -0.00728. The molecule has 1 amide bonds. The lowest BCUT2D eigenvalue weighted by molar-refractivity contribution is -0.117. The van der Waals surface area contributed by atoms with Crippen molar-refractivity contribution in [3.05, 3.63) is 89.0 Å². The summed E-state index contributed by atoms with van der Waals surface area (Å²) >= 11 is 0. The number of anilines is 1. The molecule has 1 aliphatic heterocycles. The second kappa shape index (κ2) is 12.5. The third-order valence-electron chi connectivity index (χ3n) is 8.10. The van der Waals surface area contributed by atoms with Crippen LogP contribution in [0.4, 0.5) is 5.88 Å². The number of hydrogen-bond acceptors (Lipinski definition) is 6. The van der Waals surface area contributed by atoms with E-state index in [1.54, 1.807) is 0 Å². The first kappa shape index (κ1) is 28.2. The average Bonchev–Trinajstić information content (AvgIpc) is 3.78. The first-order valence-electron chi connectivity index (χ1n) is 15.0. The van der Waals surface area contributed by atoms with Crippen molar-refractivity contribution in [2.24, 2.45) is 5.92 Å². The van der Waals surface area contributed by atoms with Crippen LogP contribution >= 0.6 is 0 Å². The molecule has 3 aromatic carbocycles. The van der Waals surface area contributed by atoms with Crippen molar-refractivity contribution >= 4 is 11.8 Å². The molecule has 0 radical (unpaired) electrons. The molecule has 1 aromatic heterocycles. The molecule has 7 nitrogen and oxygen atoms in total. The molecule has 1 saturated carbocycles. The third kappa shape index (κ3) is 6.42. The second-order valence-corrected chi connectivity index (χ2v) is 11.7. The summed E-state index contributed by atoms with van der Waals surface area (Å²) in [6, 6.07) is 23.0. The van der Waals surface area contributed by atoms with Crippen molar-refractivity contribution in [2.75, 3.05) is 31.6 Å². The summed E-state index contributed by atoms with van der Waals surface area (Å²) in [5, 5.41) is 7.58. The minimum absolute atomic E-state index is 0.00728. The molecule has 42 heavy (non-hydrogen) atoms. The van der Waals surface area contributed by atoms with Crippen LogP contribution in [0.5, 0.6) is 5.75 Å². The number of carbonyl (C=O) groups is 1. The molecule has 0 spiro atoms. The van der Waals surface area contributed by atoms with E-state index < -0.39 is 0 Å². The molecule has 2 aliphatic rings. The number of benzene rings is 3. The Bertz CT molecular complexity index is 1520. The van der Waals surface area contributed by atoms with Gasteiger partial charge in [-0.15, -0.1) is 0 Å². The molecule has 0 atom stereocenters. The molecule has 0 bridgehead atoms. The van der Waals surface area contributed by atoms with E-state index >= 15 is 0 Å². The molecule has 1 saturated heterocycles. The van der Waals surface area contributed by atoms with Crippen LogP contribution in [0.2, 0.25) is 0 Å². The molecule has 2 fully saturated rings. The van der Waals surface area contributed by atoms with Gasteiger partial charge in [0.1, 0.15) is 18.1 Å². The van der Waals surface area contributed by atoms with Gasteiger partial charge in [0.2, 0.25) is 11.8 Å². The molecule has 4 aromatic rings. The van der Waals surface area contributed by atoms with Crippen LogP contribution < -0.4 is 10.1 Å². The number of aromatic nitrogens is 1. The zero-order valence-corrected chi connectivity index (χ0v) is 24.7. The highest BCUT2D eigenvalue weighted by atomic mass is 16.5. The molecular weight excluding hydrogens is 526 g/mol. The van der Waals surface area contributed by atoms with Gasteiger partial charge in [0.15, 0.2) is 0 Å².